The predicted molar refractivity (Wildman–Crippen MR) is 123 cm³/mol. The number of nitrogens with one attached hydrogen (secondary N) is 1. The highest BCUT2D eigenvalue weighted by Crippen LogP contribution is 2.39. The van der Waals surface area contributed by atoms with Crippen molar-refractivity contribution in [3.63, 3.8) is 0 Å². The van der Waals surface area contributed by atoms with E-state index in [1.165, 1.54) is 0 Å². The first kappa shape index (κ1) is 25.6. The van der Waals surface area contributed by atoms with Gasteiger partial charge in [0.15, 0.2) is 5.75 Å². The van der Waals surface area contributed by atoms with E-state index >= 15 is 0 Å². The second-order valence-electron chi connectivity index (χ2n) is 7.07. The number of ether oxygens (including phenoxy) is 3. The Kier molecular flexibility index (Phi) is 9.94. The largest absolute Gasteiger partial charge is 0.508 e. The normalized spacial score (nSPS) is 11.5. The number of hydrogen-bond donors (Lipinski definition) is 2. The number of phenols is 1. The maximum absolute atomic E-state index is 11.6. The zero-order valence-electron chi connectivity index (χ0n) is 18.2. The first-order chi connectivity index (χ1) is 15.2. The highest BCUT2D eigenvalue weighted by atomic mass is 35.5. The third kappa shape index (κ3) is 7.50. The maximum atomic E-state index is 11.6. The molecule has 174 valence electrons. The Morgan fingerprint density at radius 2 is 1.78 bits per heavy atom. The molecule has 1 atom stereocenters. The van der Waals surface area contributed by atoms with Gasteiger partial charge in [0, 0.05) is 12.0 Å². The van der Waals surface area contributed by atoms with Crippen LogP contribution in [-0.4, -0.2) is 36.9 Å². The monoisotopic (exact) mass is 483 g/mol. The molecule has 0 heterocycles. The van der Waals surface area contributed by atoms with E-state index in [2.05, 4.69) is 5.32 Å². The number of rotatable bonds is 10. The SMILES string of the molecule is CCOC(=O)CNC(=O)OCCc1cc(Cl)c(Oc2ccc(O)c(C(C)CC)c2)c(Cl)c1. The summed E-state index contributed by atoms with van der Waals surface area (Å²) in [7, 11) is 0. The average molecular weight is 484 g/mol. The lowest BCUT2D eigenvalue weighted by atomic mass is 9.97. The molecular weight excluding hydrogens is 457 g/mol. The summed E-state index contributed by atoms with van der Waals surface area (Å²) >= 11 is 12.7. The molecule has 1 unspecified atom stereocenters. The first-order valence-corrected chi connectivity index (χ1v) is 11.1. The van der Waals surface area contributed by atoms with Crippen molar-refractivity contribution in [3.05, 3.63) is 51.5 Å². The van der Waals surface area contributed by atoms with Crippen molar-refractivity contribution in [2.24, 2.45) is 0 Å². The van der Waals surface area contributed by atoms with Gasteiger partial charge < -0.3 is 24.6 Å². The van der Waals surface area contributed by atoms with Gasteiger partial charge in [-0.2, -0.15) is 0 Å². The van der Waals surface area contributed by atoms with Crippen LogP contribution in [0.25, 0.3) is 0 Å². The van der Waals surface area contributed by atoms with Crippen molar-refractivity contribution in [2.75, 3.05) is 19.8 Å². The van der Waals surface area contributed by atoms with Crippen LogP contribution in [0.3, 0.4) is 0 Å². The van der Waals surface area contributed by atoms with E-state index in [-0.39, 0.29) is 31.4 Å². The molecule has 9 heteroatoms. The Morgan fingerprint density at radius 3 is 2.41 bits per heavy atom. The Morgan fingerprint density at radius 1 is 1.09 bits per heavy atom. The van der Waals surface area contributed by atoms with Crippen molar-refractivity contribution in [2.45, 2.75) is 39.5 Å². The molecule has 7 nitrogen and oxygen atoms in total. The van der Waals surface area contributed by atoms with E-state index in [9.17, 15) is 14.7 Å². The molecule has 1 amide bonds. The fraction of sp³-hybridized carbons (Fsp3) is 0.391. The number of aromatic hydroxyl groups is 1. The quantitative estimate of drug-likeness (QED) is 0.412. The van der Waals surface area contributed by atoms with Gasteiger partial charge in [0.05, 0.1) is 23.3 Å². The summed E-state index contributed by atoms with van der Waals surface area (Å²) in [5.74, 6) is 0.651. The van der Waals surface area contributed by atoms with Gasteiger partial charge in [0.1, 0.15) is 18.0 Å². The van der Waals surface area contributed by atoms with Crippen molar-refractivity contribution in [1.82, 2.24) is 5.32 Å². The fourth-order valence-corrected chi connectivity index (χ4v) is 3.46. The number of phenolic OH excluding ortho intramolecular Hbond substituents is 1. The minimum absolute atomic E-state index is 0.0672. The summed E-state index contributed by atoms with van der Waals surface area (Å²) in [6.45, 7) is 5.79. The van der Waals surface area contributed by atoms with Gasteiger partial charge in [-0.3, -0.25) is 4.79 Å². The lowest BCUT2D eigenvalue weighted by Gasteiger charge is -2.15. The molecule has 0 aliphatic heterocycles. The van der Waals surface area contributed by atoms with Crippen LogP contribution in [0.4, 0.5) is 4.79 Å². The molecule has 0 radical (unpaired) electrons. The van der Waals surface area contributed by atoms with E-state index in [1.807, 2.05) is 13.8 Å². The number of alkyl carbamates (subject to hydrolysis) is 1. The minimum atomic E-state index is -0.723. The van der Waals surface area contributed by atoms with Gasteiger partial charge in [-0.25, -0.2) is 4.79 Å². The molecule has 0 aliphatic carbocycles. The van der Waals surface area contributed by atoms with E-state index < -0.39 is 12.1 Å². The van der Waals surface area contributed by atoms with E-state index in [4.69, 9.17) is 37.4 Å². The van der Waals surface area contributed by atoms with Crippen LogP contribution < -0.4 is 10.1 Å². The number of esters is 1. The highest BCUT2D eigenvalue weighted by Gasteiger charge is 2.15. The van der Waals surface area contributed by atoms with Crippen LogP contribution in [0.2, 0.25) is 10.0 Å². The van der Waals surface area contributed by atoms with Crippen LogP contribution >= 0.6 is 23.2 Å². The van der Waals surface area contributed by atoms with Crippen molar-refractivity contribution < 1.29 is 28.9 Å². The van der Waals surface area contributed by atoms with E-state index in [0.717, 1.165) is 17.5 Å². The third-order valence-corrected chi connectivity index (χ3v) is 5.29. The predicted octanol–water partition coefficient (Wildman–Crippen LogP) is 5.84. The second-order valence-corrected chi connectivity index (χ2v) is 7.88. The lowest BCUT2D eigenvalue weighted by molar-refractivity contribution is -0.141. The zero-order chi connectivity index (χ0) is 23.7. The molecule has 0 fully saturated rings. The average Bonchev–Trinajstić information content (AvgIpc) is 2.75. The summed E-state index contributed by atoms with van der Waals surface area (Å²) in [6, 6.07) is 8.35. The zero-order valence-corrected chi connectivity index (χ0v) is 19.8. The van der Waals surface area contributed by atoms with Gasteiger partial charge in [0.25, 0.3) is 0 Å². The Labute approximate surface area is 197 Å². The summed E-state index contributed by atoms with van der Waals surface area (Å²) < 4.78 is 15.6. The number of carbonyl (C=O) groups is 2. The van der Waals surface area contributed by atoms with Crippen LogP contribution in [0.1, 0.15) is 44.2 Å². The third-order valence-electron chi connectivity index (χ3n) is 4.73. The van der Waals surface area contributed by atoms with Gasteiger partial charge >= 0.3 is 12.1 Å². The molecule has 0 bridgehead atoms. The van der Waals surface area contributed by atoms with Crippen molar-refractivity contribution in [3.8, 4) is 17.2 Å². The standard InChI is InChI=1S/C23H27Cl2NO6/c1-4-14(3)17-12-16(6-7-20(17)27)32-22-18(24)10-15(11-19(22)25)8-9-31-23(29)26-13-21(28)30-5-2/h6-7,10-12,14,27H,4-5,8-9,13H2,1-3H3,(H,26,29). The summed E-state index contributed by atoms with van der Waals surface area (Å²) in [5.41, 5.74) is 1.53. The lowest BCUT2D eigenvalue weighted by Crippen LogP contribution is -2.31. The molecule has 0 saturated carbocycles. The Hall–Kier alpha value is -2.64. The first-order valence-electron chi connectivity index (χ1n) is 10.3. The number of benzene rings is 2. The summed E-state index contributed by atoms with van der Waals surface area (Å²) in [6.07, 6.45) is 0.514. The van der Waals surface area contributed by atoms with E-state index in [0.29, 0.717) is 28.0 Å². The van der Waals surface area contributed by atoms with E-state index in [1.54, 1.807) is 37.3 Å². The van der Waals surface area contributed by atoms with Gasteiger partial charge in [-0.15, -0.1) is 0 Å². The summed E-state index contributed by atoms with van der Waals surface area (Å²) in [5, 5.41) is 13.0. The molecule has 2 aromatic rings. The van der Waals surface area contributed by atoms with Crippen LogP contribution in [0, 0.1) is 0 Å². The molecule has 2 rings (SSSR count). The van der Waals surface area contributed by atoms with Crippen LogP contribution in [0.5, 0.6) is 17.2 Å². The van der Waals surface area contributed by atoms with Gasteiger partial charge in [0.2, 0.25) is 0 Å². The molecule has 0 saturated heterocycles. The molecular formula is C23H27Cl2NO6. The Bertz CT molecular complexity index is 927. The van der Waals surface area contributed by atoms with Gasteiger partial charge in [-0.05, 0) is 55.2 Å². The van der Waals surface area contributed by atoms with Crippen LogP contribution in [-0.2, 0) is 20.7 Å². The number of carbonyl (C=O) groups excluding carboxylic acids is 2. The highest BCUT2D eigenvalue weighted by molar-refractivity contribution is 6.37. The van der Waals surface area contributed by atoms with Gasteiger partial charge in [-0.1, -0.05) is 37.0 Å². The van der Waals surface area contributed by atoms with Crippen molar-refractivity contribution in [1.29, 1.82) is 0 Å². The molecule has 0 aromatic heterocycles. The minimum Gasteiger partial charge on any atom is -0.508 e. The molecule has 0 aliphatic rings. The number of amides is 1. The smallest absolute Gasteiger partial charge is 0.407 e. The molecule has 2 N–H and O–H groups in total. The van der Waals surface area contributed by atoms with Crippen molar-refractivity contribution >= 4 is 35.3 Å². The molecule has 0 spiro atoms. The summed E-state index contributed by atoms with van der Waals surface area (Å²) in [4.78, 5) is 22.8. The topological polar surface area (TPSA) is 94.1 Å². The number of halogens is 2. The molecule has 32 heavy (non-hydrogen) atoms. The number of hydrogen-bond acceptors (Lipinski definition) is 6. The molecule has 2 aromatic carbocycles. The van der Waals surface area contributed by atoms with Crippen LogP contribution in [0.15, 0.2) is 30.3 Å². The second kappa shape index (κ2) is 12.4. The maximum Gasteiger partial charge on any atom is 0.407 e. The fourth-order valence-electron chi connectivity index (χ4n) is 2.85. The Balaban J connectivity index is 1.97.